The number of H-pyrrole nitrogens is 1. The zero-order valence-electron chi connectivity index (χ0n) is 21.4. The van der Waals surface area contributed by atoms with Crippen molar-refractivity contribution in [2.75, 3.05) is 42.3 Å². The molecule has 0 saturated carbocycles. The first-order chi connectivity index (χ1) is 18.7. The molecule has 38 heavy (non-hydrogen) atoms. The van der Waals surface area contributed by atoms with Crippen LogP contribution in [0.5, 0.6) is 11.5 Å². The van der Waals surface area contributed by atoms with Gasteiger partial charge in [-0.3, -0.25) is 0 Å². The van der Waals surface area contributed by atoms with E-state index in [1.165, 1.54) is 0 Å². The SMILES string of the molecule is CCNc1nc2ccc(-c3ccc4c(c3)CN(c3cc(Nc5cccc(OC)c5)ncn3)CCO4)cc2[nH]1. The van der Waals surface area contributed by atoms with Crippen molar-refractivity contribution in [3.05, 3.63) is 78.6 Å². The molecule has 0 atom stereocenters. The molecule has 6 rings (SSSR count). The Bertz CT molecular complexity index is 1580. The molecule has 1 aliphatic heterocycles. The average molecular weight is 508 g/mol. The summed E-state index contributed by atoms with van der Waals surface area (Å²) in [7, 11) is 1.66. The highest BCUT2D eigenvalue weighted by atomic mass is 16.5. The van der Waals surface area contributed by atoms with Crippen LogP contribution in [-0.2, 0) is 6.54 Å². The van der Waals surface area contributed by atoms with Crippen LogP contribution in [0.2, 0.25) is 0 Å². The van der Waals surface area contributed by atoms with Gasteiger partial charge >= 0.3 is 0 Å². The first-order valence-corrected chi connectivity index (χ1v) is 12.7. The summed E-state index contributed by atoms with van der Waals surface area (Å²) in [6.07, 6.45) is 1.59. The number of methoxy groups -OCH3 is 1. The second-order valence-corrected chi connectivity index (χ2v) is 9.06. The predicted molar refractivity (Wildman–Crippen MR) is 151 cm³/mol. The molecular weight excluding hydrogens is 478 g/mol. The van der Waals surface area contributed by atoms with E-state index >= 15 is 0 Å². The van der Waals surface area contributed by atoms with Gasteiger partial charge in [-0.1, -0.05) is 18.2 Å². The number of aromatic amines is 1. The monoisotopic (exact) mass is 507 g/mol. The molecule has 0 saturated heterocycles. The molecule has 0 radical (unpaired) electrons. The topological polar surface area (TPSA) is 100 Å². The molecule has 3 N–H and O–H groups in total. The normalized spacial score (nSPS) is 12.9. The number of aromatic nitrogens is 4. The Labute approximate surface area is 220 Å². The summed E-state index contributed by atoms with van der Waals surface area (Å²) in [6, 6.07) is 22.4. The van der Waals surface area contributed by atoms with Crippen LogP contribution in [0.4, 0.5) is 23.3 Å². The Morgan fingerprint density at radius 3 is 2.82 bits per heavy atom. The third-order valence-corrected chi connectivity index (χ3v) is 6.52. The summed E-state index contributed by atoms with van der Waals surface area (Å²) in [5.41, 5.74) is 6.20. The predicted octanol–water partition coefficient (Wildman–Crippen LogP) is 5.60. The van der Waals surface area contributed by atoms with E-state index in [-0.39, 0.29) is 0 Å². The van der Waals surface area contributed by atoms with Crippen LogP contribution in [0, 0.1) is 0 Å². The van der Waals surface area contributed by atoms with Gasteiger partial charge in [-0.25, -0.2) is 15.0 Å². The number of hydrogen-bond acceptors (Lipinski definition) is 8. The molecular formula is C29H29N7O2. The number of nitrogens with one attached hydrogen (secondary N) is 3. The van der Waals surface area contributed by atoms with Gasteiger partial charge in [0.1, 0.15) is 36.1 Å². The molecule has 0 unspecified atom stereocenters. The summed E-state index contributed by atoms with van der Waals surface area (Å²) < 4.78 is 11.4. The quantitative estimate of drug-likeness (QED) is 0.262. The van der Waals surface area contributed by atoms with E-state index in [0.717, 1.165) is 63.2 Å². The van der Waals surface area contributed by atoms with Gasteiger partial charge < -0.3 is 30.0 Å². The fourth-order valence-corrected chi connectivity index (χ4v) is 4.65. The van der Waals surface area contributed by atoms with Gasteiger partial charge in [-0.15, -0.1) is 0 Å². The van der Waals surface area contributed by atoms with Crippen molar-refractivity contribution in [1.29, 1.82) is 0 Å². The molecule has 0 spiro atoms. The fourth-order valence-electron chi connectivity index (χ4n) is 4.65. The molecule has 0 aliphatic carbocycles. The molecule has 3 heterocycles. The highest BCUT2D eigenvalue weighted by molar-refractivity contribution is 5.83. The standard InChI is InChI=1S/C29H29N7O2/c1-3-30-29-34-24-9-7-20(14-25(24)35-29)19-8-10-26-21(13-19)17-36(11-12-38-26)28-16-27(31-18-32-28)33-22-5-4-6-23(15-22)37-2/h4-10,13-16,18H,3,11-12,17H2,1-2H3,(H2,30,34,35)(H,31,32,33). The van der Waals surface area contributed by atoms with Crippen LogP contribution in [0.3, 0.4) is 0 Å². The van der Waals surface area contributed by atoms with Gasteiger partial charge in [0.05, 0.1) is 24.7 Å². The highest BCUT2D eigenvalue weighted by Gasteiger charge is 2.18. The van der Waals surface area contributed by atoms with E-state index in [1.54, 1.807) is 13.4 Å². The van der Waals surface area contributed by atoms with Crippen molar-refractivity contribution in [3.8, 4) is 22.6 Å². The lowest BCUT2D eigenvalue weighted by Crippen LogP contribution is -2.26. The average Bonchev–Trinajstić information content (AvgIpc) is 3.22. The van der Waals surface area contributed by atoms with Crippen molar-refractivity contribution in [1.82, 2.24) is 19.9 Å². The minimum absolute atomic E-state index is 0.572. The van der Waals surface area contributed by atoms with E-state index in [4.69, 9.17) is 9.47 Å². The van der Waals surface area contributed by atoms with E-state index in [1.807, 2.05) is 36.4 Å². The molecule has 3 aromatic carbocycles. The zero-order chi connectivity index (χ0) is 25.9. The summed E-state index contributed by atoms with van der Waals surface area (Å²) in [5.74, 6) is 4.02. The van der Waals surface area contributed by atoms with Gasteiger partial charge in [0, 0.05) is 36.5 Å². The third-order valence-electron chi connectivity index (χ3n) is 6.52. The lowest BCUT2D eigenvalue weighted by atomic mass is 10.0. The molecule has 0 amide bonds. The van der Waals surface area contributed by atoms with Crippen molar-refractivity contribution < 1.29 is 9.47 Å². The molecule has 9 nitrogen and oxygen atoms in total. The number of imidazole rings is 1. The molecule has 9 heteroatoms. The van der Waals surface area contributed by atoms with E-state index in [2.05, 4.69) is 72.7 Å². The van der Waals surface area contributed by atoms with Gasteiger partial charge in [-0.05, 0) is 54.4 Å². The number of nitrogens with zero attached hydrogens (tertiary/aromatic N) is 4. The fraction of sp³-hybridized carbons (Fsp3) is 0.207. The van der Waals surface area contributed by atoms with E-state index < -0.39 is 0 Å². The van der Waals surface area contributed by atoms with Crippen LogP contribution < -0.4 is 25.0 Å². The molecule has 192 valence electrons. The summed E-state index contributed by atoms with van der Waals surface area (Å²) in [6.45, 7) is 4.84. The maximum Gasteiger partial charge on any atom is 0.201 e. The minimum Gasteiger partial charge on any atom is -0.497 e. The Hall–Kier alpha value is -4.79. The lowest BCUT2D eigenvalue weighted by Gasteiger charge is -2.21. The number of anilines is 4. The van der Waals surface area contributed by atoms with Gasteiger partial charge in [0.15, 0.2) is 0 Å². The van der Waals surface area contributed by atoms with Crippen LogP contribution in [-0.4, -0.2) is 46.7 Å². The van der Waals surface area contributed by atoms with Gasteiger partial charge in [0.25, 0.3) is 0 Å². The Morgan fingerprint density at radius 2 is 1.92 bits per heavy atom. The Kier molecular flexibility index (Phi) is 6.39. The van der Waals surface area contributed by atoms with E-state index in [9.17, 15) is 0 Å². The molecule has 0 bridgehead atoms. The van der Waals surface area contributed by atoms with Crippen LogP contribution in [0.1, 0.15) is 12.5 Å². The Balaban J connectivity index is 1.25. The summed E-state index contributed by atoms with van der Waals surface area (Å²) in [4.78, 5) is 19.1. The highest BCUT2D eigenvalue weighted by Crippen LogP contribution is 2.32. The van der Waals surface area contributed by atoms with Gasteiger partial charge in [0.2, 0.25) is 5.95 Å². The summed E-state index contributed by atoms with van der Waals surface area (Å²) in [5, 5.41) is 6.58. The molecule has 5 aromatic rings. The van der Waals surface area contributed by atoms with Crippen molar-refractivity contribution in [2.24, 2.45) is 0 Å². The smallest absolute Gasteiger partial charge is 0.201 e. The number of rotatable bonds is 7. The number of benzene rings is 3. The van der Waals surface area contributed by atoms with Crippen molar-refractivity contribution in [3.63, 3.8) is 0 Å². The second-order valence-electron chi connectivity index (χ2n) is 9.06. The second kappa shape index (κ2) is 10.3. The largest absolute Gasteiger partial charge is 0.497 e. The molecule has 2 aromatic heterocycles. The van der Waals surface area contributed by atoms with Crippen molar-refractivity contribution >= 4 is 34.3 Å². The number of ether oxygens (including phenoxy) is 2. The van der Waals surface area contributed by atoms with Crippen LogP contribution >= 0.6 is 0 Å². The van der Waals surface area contributed by atoms with E-state index in [0.29, 0.717) is 25.5 Å². The number of fused-ring (bicyclic) bond motifs is 2. The van der Waals surface area contributed by atoms with Crippen molar-refractivity contribution in [2.45, 2.75) is 13.5 Å². The number of hydrogen-bond donors (Lipinski definition) is 3. The summed E-state index contributed by atoms with van der Waals surface area (Å²) >= 11 is 0. The van der Waals surface area contributed by atoms with Gasteiger partial charge in [-0.2, -0.15) is 0 Å². The van der Waals surface area contributed by atoms with Crippen LogP contribution in [0.25, 0.3) is 22.2 Å². The minimum atomic E-state index is 0.572. The molecule has 1 aliphatic rings. The Morgan fingerprint density at radius 1 is 1.03 bits per heavy atom. The maximum absolute atomic E-state index is 6.10. The third kappa shape index (κ3) is 4.90. The lowest BCUT2D eigenvalue weighted by molar-refractivity contribution is 0.331. The zero-order valence-corrected chi connectivity index (χ0v) is 21.4. The van der Waals surface area contributed by atoms with Crippen LogP contribution in [0.15, 0.2) is 73.1 Å². The first kappa shape index (κ1) is 23.6. The molecule has 0 fully saturated rings. The first-order valence-electron chi connectivity index (χ1n) is 12.7. The maximum atomic E-state index is 6.10.